The van der Waals surface area contributed by atoms with Gasteiger partial charge in [-0.25, -0.2) is 0 Å². The first-order valence-corrected chi connectivity index (χ1v) is 7.99. The number of aryl methyl sites for hydroxylation is 2. The fourth-order valence-electron chi connectivity index (χ4n) is 2.66. The third-order valence-corrected chi connectivity index (χ3v) is 4.76. The number of carbonyl (C=O) groups is 1. The summed E-state index contributed by atoms with van der Waals surface area (Å²) in [6, 6.07) is 1.93. The zero-order valence-corrected chi connectivity index (χ0v) is 12.5. The summed E-state index contributed by atoms with van der Waals surface area (Å²) in [5.74, 6) is 0.0177. The van der Waals surface area contributed by atoms with Crippen molar-refractivity contribution in [1.82, 2.24) is 15.1 Å². The van der Waals surface area contributed by atoms with Crippen LogP contribution in [-0.4, -0.2) is 22.2 Å². The molecule has 0 bridgehead atoms. The molecule has 2 heterocycles. The average Bonchev–Trinajstić information content (AvgIpc) is 3.06. The highest BCUT2D eigenvalue weighted by atomic mass is 32.1. The van der Waals surface area contributed by atoms with Crippen molar-refractivity contribution in [3.63, 3.8) is 0 Å². The third-order valence-electron chi connectivity index (χ3n) is 3.71. The summed E-state index contributed by atoms with van der Waals surface area (Å²) in [4.78, 5) is 12.7. The number of hydrogen-bond donors (Lipinski definition) is 1. The molecule has 1 aliphatic carbocycles. The van der Waals surface area contributed by atoms with Gasteiger partial charge in [0.2, 0.25) is 0 Å². The van der Waals surface area contributed by atoms with Crippen LogP contribution in [0.4, 0.5) is 0 Å². The second-order valence-electron chi connectivity index (χ2n) is 5.29. The van der Waals surface area contributed by atoms with Crippen molar-refractivity contribution in [3.05, 3.63) is 39.3 Å². The molecule has 2 aromatic heterocycles. The van der Waals surface area contributed by atoms with Gasteiger partial charge >= 0.3 is 0 Å². The Morgan fingerprint density at radius 1 is 1.45 bits per heavy atom. The van der Waals surface area contributed by atoms with E-state index in [-0.39, 0.29) is 5.91 Å². The summed E-state index contributed by atoms with van der Waals surface area (Å²) >= 11 is 1.49. The van der Waals surface area contributed by atoms with Gasteiger partial charge in [0.25, 0.3) is 5.91 Å². The van der Waals surface area contributed by atoms with E-state index < -0.39 is 0 Å². The highest BCUT2D eigenvalue weighted by Crippen LogP contribution is 2.20. The smallest absolute Gasteiger partial charge is 0.261 e. The van der Waals surface area contributed by atoms with E-state index in [9.17, 15) is 4.79 Å². The van der Waals surface area contributed by atoms with Crippen molar-refractivity contribution < 1.29 is 4.79 Å². The van der Waals surface area contributed by atoms with Crippen molar-refractivity contribution in [3.8, 4) is 0 Å². The number of hydrogen-bond acceptors (Lipinski definition) is 3. The molecule has 1 aliphatic rings. The van der Waals surface area contributed by atoms with E-state index in [1.807, 2.05) is 24.6 Å². The molecule has 1 amide bonds. The van der Waals surface area contributed by atoms with Crippen LogP contribution in [0.3, 0.4) is 0 Å². The number of carbonyl (C=O) groups excluding carboxylic acids is 1. The van der Waals surface area contributed by atoms with E-state index in [0.29, 0.717) is 6.54 Å². The molecular weight excluding hydrogens is 270 g/mol. The standard InChI is InChI=1S/C15H19N3OS/c1-11-8-14(20-10-11)15(19)16-6-7-18-13-5-3-2-4-12(13)9-17-18/h8-10H,2-7H2,1H3,(H,16,19). The molecule has 2 aromatic rings. The Morgan fingerprint density at radius 3 is 3.10 bits per heavy atom. The van der Waals surface area contributed by atoms with Crippen molar-refractivity contribution >= 4 is 17.2 Å². The molecule has 0 fully saturated rings. The number of amides is 1. The van der Waals surface area contributed by atoms with Crippen LogP contribution in [0.15, 0.2) is 17.6 Å². The van der Waals surface area contributed by atoms with Crippen molar-refractivity contribution in [1.29, 1.82) is 0 Å². The molecule has 0 saturated carbocycles. The van der Waals surface area contributed by atoms with E-state index in [0.717, 1.165) is 29.8 Å². The van der Waals surface area contributed by atoms with Gasteiger partial charge in [0.05, 0.1) is 17.6 Å². The molecule has 0 aliphatic heterocycles. The first kappa shape index (κ1) is 13.4. The molecule has 1 N–H and O–H groups in total. The lowest BCUT2D eigenvalue weighted by Crippen LogP contribution is -2.27. The van der Waals surface area contributed by atoms with Gasteiger partial charge in [-0.3, -0.25) is 9.48 Å². The fraction of sp³-hybridized carbons (Fsp3) is 0.467. The molecule has 0 saturated heterocycles. The number of aromatic nitrogens is 2. The molecule has 106 valence electrons. The van der Waals surface area contributed by atoms with Gasteiger partial charge in [0.1, 0.15) is 0 Å². The third kappa shape index (κ3) is 2.77. The van der Waals surface area contributed by atoms with Gasteiger partial charge in [0.15, 0.2) is 0 Å². The number of rotatable bonds is 4. The molecule has 0 atom stereocenters. The Morgan fingerprint density at radius 2 is 2.30 bits per heavy atom. The second kappa shape index (κ2) is 5.79. The van der Waals surface area contributed by atoms with Crippen molar-refractivity contribution in [2.45, 2.75) is 39.2 Å². The number of nitrogens with one attached hydrogen (secondary N) is 1. The largest absolute Gasteiger partial charge is 0.349 e. The Balaban J connectivity index is 1.55. The maximum absolute atomic E-state index is 11.9. The Bertz CT molecular complexity index is 614. The second-order valence-corrected chi connectivity index (χ2v) is 6.20. The van der Waals surface area contributed by atoms with Gasteiger partial charge in [-0.2, -0.15) is 5.10 Å². The van der Waals surface area contributed by atoms with E-state index in [1.54, 1.807) is 0 Å². The molecule has 0 radical (unpaired) electrons. The first-order valence-electron chi connectivity index (χ1n) is 7.11. The number of nitrogens with zero attached hydrogens (tertiary/aromatic N) is 2. The van der Waals surface area contributed by atoms with Gasteiger partial charge in [-0.15, -0.1) is 11.3 Å². The van der Waals surface area contributed by atoms with Crippen LogP contribution in [0.5, 0.6) is 0 Å². The van der Waals surface area contributed by atoms with E-state index in [1.165, 1.54) is 35.4 Å². The average molecular weight is 289 g/mol. The summed E-state index contributed by atoms with van der Waals surface area (Å²) in [6.07, 6.45) is 6.77. The summed E-state index contributed by atoms with van der Waals surface area (Å²) in [6.45, 7) is 3.39. The van der Waals surface area contributed by atoms with Crippen LogP contribution in [0, 0.1) is 6.92 Å². The lowest BCUT2D eigenvalue weighted by atomic mass is 9.98. The summed E-state index contributed by atoms with van der Waals surface area (Å²) in [7, 11) is 0. The van der Waals surface area contributed by atoms with Gasteiger partial charge in [-0.05, 0) is 55.2 Å². The Labute approximate surface area is 122 Å². The zero-order valence-electron chi connectivity index (χ0n) is 11.7. The lowest BCUT2D eigenvalue weighted by molar-refractivity contribution is 0.0956. The normalized spacial score (nSPS) is 14.1. The van der Waals surface area contributed by atoms with Gasteiger partial charge in [-0.1, -0.05) is 0 Å². The van der Waals surface area contributed by atoms with Crippen LogP contribution < -0.4 is 5.32 Å². The molecule has 0 unspecified atom stereocenters. The topological polar surface area (TPSA) is 46.9 Å². The molecule has 5 heteroatoms. The quantitative estimate of drug-likeness (QED) is 0.940. The summed E-state index contributed by atoms with van der Waals surface area (Å²) in [5, 5.41) is 9.41. The van der Waals surface area contributed by atoms with Gasteiger partial charge in [0, 0.05) is 12.2 Å². The maximum atomic E-state index is 11.9. The van der Waals surface area contributed by atoms with Crippen molar-refractivity contribution in [2.24, 2.45) is 0 Å². The monoisotopic (exact) mass is 289 g/mol. The predicted octanol–water partition coefficient (Wildman–Crippen LogP) is 2.56. The maximum Gasteiger partial charge on any atom is 0.261 e. The molecule has 3 rings (SSSR count). The number of thiophene rings is 1. The van der Waals surface area contributed by atoms with Gasteiger partial charge < -0.3 is 5.32 Å². The summed E-state index contributed by atoms with van der Waals surface area (Å²) in [5.41, 5.74) is 3.88. The molecule has 20 heavy (non-hydrogen) atoms. The minimum Gasteiger partial charge on any atom is -0.349 e. The summed E-state index contributed by atoms with van der Waals surface area (Å²) < 4.78 is 2.05. The minimum absolute atomic E-state index is 0.0177. The SMILES string of the molecule is Cc1csc(C(=O)NCCn2ncc3c2CCCC3)c1. The number of fused-ring (bicyclic) bond motifs is 1. The fourth-order valence-corrected chi connectivity index (χ4v) is 3.48. The highest BCUT2D eigenvalue weighted by molar-refractivity contribution is 7.12. The first-order chi connectivity index (χ1) is 9.74. The predicted molar refractivity (Wildman–Crippen MR) is 80.3 cm³/mol. The van der Waals surface area contributed by atoms with Crippen LogP contribution in [0.25, 0.3) is 0 Å². The molecule has 0 aromatic carbocycles. The van der Waals surface area contributed by atoms with E-state index in [2.05, 4.69) is 15.1 Å². The minimum atomic E-state index is 0.0177. The van der Waals surface area contributed by atoms with Crippen LogP contribution in [-0.2, 0) is 19.4 Å². The Hall–Kier alpha value is -1.62. The van der Waals surface area contributed by atoms with Crippen LogP contribution >= 0.6 is 11.3 Å². The molecular formula is C15H19N3OS. The van der Waals surface area contributed by atoms with E-state index in [4.69, 9.17) is 0 Å². The lowest BCUT2D eigenvalue weighted by Gasteiger charge is -2.14. The van der Waals surface area contributed by atoms with Crippen LogP contribution in [0.2, 0.25) is 0 Å². The Kier molecular flexibility index (Phi) is 3.87. The van der Waals surface area contributed by atoms with Crippen LogP contribution in [0.1, 0.15) is 39.3 Å². The molecule has 4 nitrogen and oxygen atoms in total. The van der Waals surface area contributed by atoms with E-state index >= 15 is 0 Å². The zero-order chi connectivity index (χ0) is 13.9. The highest BCUT2D eigenvalue weighted by Gasteiger charge is 2.15. The molecule has 0 spiro atoms. The van der Waals surface area contributed by atoms with Crippen molar-refractivity contribution in [2.75, 3.05) is 6.54 Å².